The van der Waals surface area contributed by atoms with Crippen LogP contribution in [0.3, 0.4) is 0 Å². The van der Waals surface area contributed by atoms with Crippen LogP contribution < -0.4 is 20.1 Å². The number of nitrogens with zero attached hydrogens (tertiary/aromatic N) is 1. The molecule has 2 aliphatic heterocycles. The van der Waals surface area contributed by atoms with Gasteiger partial charge in [-0.1, -0.05) is 12.1 Å². The first-order valence-electron chi connectivity index (χ1n) is 13.7. The molecule has 2 heterocycles. The number of hydrogen-bond acceptors (Lipinski definition) is 8. The van der Waals surface area contributed by atoms with Crippen LogP contribution in [0.4, 0.5) is 19.3 Å². The number of benzene rings is 3. The van der Waals surface area contributed by atoms with E-state index in [1.807, 2.05) is 0 Å². The van der Waals surface area contributed by atoms with Crippen LogP contribution in [0.1, 0.15) is 48.2 Å². The van der Waals surface area contributed by atoms with E-state index >= 15 is 0 Å². The Hall–Kier alpha value is -5.04. The highest BCUT2D eigenvalue weighted by Crippen LogP contribution is 2.37. The average Bonchev–Trinajstić information content (AvgIpc) is 3.29. The third-order valence-electron chi connectivity index (χ3n) is 6.88. The summed E-state index contributed by atoms with van der Waals surface area (Å²) in [6.07, 6.45) is -0.727. The first-order chi connectivity index (χ1) is 20.9. The molecule has 0 radical (unpaired) electrons. The summed E-state index contributed by atoms with van der Waals surface area (Å²) in [5, 5.41) is 14.8. The molecule has 11 nitrogen and oxygen atoms in total. The molecule has 0 saturated carbocycles. The van der Waals surface area contributed by atoms with E-state index in [0.29, 0.717) is 16.9 Å². The molecule has 0 bridgehead atoms. The van der Waals surface area contributed by atoms with Crippen molar-refractivity contribution in [1.29, 1.82) is 0 Å². The van der Waals surface area contributed by atoms with E-state index in [1.54, 1.807) is 12.1 Å². The van der Waals surface area contributed by atoms with Gasteiger partial charge >= 0.3 is 6.09 Å². The summed E-state index contributed by atoms with van der Waals surface area (Å²) in [6.45, 7) is 2.55. The standard InChI is InChI=1S/C31H29F2N3O8/c1-31(2,41)16-43-27-18(4-3-17-14-36(29(39)26(17)27)24-11-12-25(37)35-28(24)38)15-42-30(40)34-23-10-9-21(13-22(23)33)44-20-7-5-19(32)6-8-20/h3-10,13,24,41H,11-12,14-16H2,1-2H3,(H,34,40)(H,35,37,38). The average molecular weight is 610 g/mol. The quantitative estimate of drug-likeness (QED) is 0.303. The normalized spacial score (nSPS) is 16.3. The number of carbonyl (C=O) groups is 4. The molecule has 1 atom stereocenters. The first kappa shape index (κ1) is 30.4. The van der Waals surface area contributed by atoms with Crippen molar-refractivity contribution in [3.05, 3.63) is 82.9 Å². The molecular weight excluding hydrogens is 580 g/mol. The largest absolute Gasteiger partial charge is 0.489 e. The summed E-state index contributed by atoms with van der Waals surface area (Å²) in [7, 11) is 0. The highest BCUT2D eigenvalue weighted by molar-refractivity contribution is 6.06. The van der Waals surface area contributed by atoms with Gasteiger partial charge in [0, 0.05) is 24.6 Å². The van der Waals surface area contributed by atoms with Gasteiger partial charge in [-0.15, -0.1) is 0 Å². The molecule has 44 heavy (non-hydrogen) atoms. The molecule has 2 aliphatic rings. The van der Waals surface area contributed by atoms with Crippen molar-refractivity contribution in [2.24, 2.45) is 0 Å². The number of anilines is 1. The predicted molar refractivity (Wildman–Crippen MR) is 151 cm³/mol. The number of rotatable bonds is 9. The number of halogens is 2. The summed E-state index contributed by atoms with van der Waals surface area (Å²) in [4.78, 5) is 51.5. The summed E-state index contributed by atoms with van der Waals surface area (Å²) in [5.41, 5.74) is -0.450. The minimum Gasteiger partial charge on any atom is -0.489 e. The maximum atomic E-state index is 14.7. The third-order valence-corrected chi connectivity index (χ3v) is 6.88. The van der Waals surface area contributed by atoms with Crippen LogP contribution in [-0.4, -0.2) is 52.1 Å². The van der Waals surface area contributed by atoms with Crippen LogP contribution in [0.2, 0.25) is 0 Å². The van der Waals surface area contributed by atoms with Gasteiger partial charge in [0.15, 0.2) is 5.82 Å². The van der Waals surface area contributed by atoms with E-state index in [9.17, 15) is 33.1 Å². The summed E-state index contributed by atoms with van der Waals surface area (Å²) in [5.74, 6) is -2.24. The van der Waals surface area contributed by atoms with E-state index in [-0.39, 0.29) is 55.4 Å². The highest BCUT2D eigenvalue weighted by atomic mass is 19.1. The minimum atomic E-state index is -1.27. The van der Waals surface area contributed by atoms with Crippen LogP contribution in [-0.2, 0) is 27.5 Å². The topological polar surface area (TPSA) is 144 Å². The molecule has 3 aromatic rings. The van der Waals surface area contributed by atoms with Crippen molar-refractivity contribution < 1.29 is 47.3 Å². The Labute approximate surface area is 250 Å². The summed E-state index contributed by atoms with van der Waals surface area (Å²) < 4.78 is 44.5. The van der Waals surface area contributed by atoms with Gasteiger partial charge < -0.3 is 24.2 Å². The Kier molecular flexibility index (Phi) is 8.50. The zero-order valence-electron chi connectivity index (χ0n) is 23.8. The van der Waals surface area contributed by atoms with E-state index < -0.39 is 47.1 Å². The van der Waals surface area contributed by atoms with Crippen LogP contribution in [0.25, 0.3) is 0 Å². The Morgan fingerprint density at radius 3 is 2.48 bits per heavy atom. The fourth-order valence-electron chi connectivity index (χ4n) is 4.78. The fourth-order valence-corrected chi connectivity index (χ4v) is 4.78. The lowest BCUT2D eigenvalue weighted by molar-refractivity contribution is -0.136. The van der Waals surface area contributed by atoms with Gasteiger partial charge in [-0.05, 0) is 62.2 Å². The maximum Gasteiger partial charge on any atom is 0.412 e. The number of hydrogen-bond donors (Lipinski definition) is 3. The number of carbonyl (C=O) groups excluding carboxylic acids is 4. The van der Waals surface area contributed by atoms with E-state index in [2.05, 4.69) is 10.6 Å². The second kappa shape index (κ2) is 12.3. The molecule has 1 saturated heterocycles. The van der Waals surface area contributed by atoms with Crippen LogP contribution in [0, 0.1) is 11.6 Å². The molecule has 1 fully saturated rings. The number of piperidine rings is 1. The fraction of sp³-hybridized carbons (Fsp3) is 0.290. The molecule has 4 amide bonds. The molecule has 0 aromatic heterocycles. The molecule has 0 aliphatic carbocycles. The van der Waals surface area contributed by atoms with Crippen molar-refractivity contribution in [3.8, 4) is 17.2 Å². The highest BCUT2D eigenvalue weighted by Gasteiger charge is 2.41. The number of amides is 4. The van der Waals surface area contributed by atoms with Crippen molar-refractivity contribution in [2.45, 2.75) is 51.5 Å². The van der Waals surface area contributed by atoms with Gasteiger partial charge in [0.1, 0.15) is 42.3 Å². The van der Waals surface area contributed by atoms with Crippen LogP contribution >= 0.6 is 0 Å². The van der Waals surface area contributed by atoms with E-state index in [4.69, 9.17) is 14.2 Å². The second-order valence-electron chi connectivity index (χ2n) is 11.0. The van der Waals surface area contributed by atoms with Crippen molar-refractivity contribution in [2.75, 3.05) is 11.9 Å². The molecule has 3 N–H and O–H groups in total. The number of ether oxygens (including phenoxy) is 3. The lowest BCUT2D eigenvalue weighted by atomic mass is 10.0. The number of nitrogens with one attached hydrogen (secondary N) is 2. The van der Waals surface area contributed by atoms with Crippen molar-refractivity contribution >= 4 is 29.5 Å². The minimum absolute atomic E-state index is 0.0747. The van der Waals surface area contributed by atoms with Gasteiger partial charge in [0.05, 0.1) is 16.9 Å². The summed E-state index contributed by atoms with van der Waals surface area (Å²) in [6, 6.07) is 11.3. The molecule has 5 rings (SSSR count). The smallest absolute Gasteiger partial charge is 0.412 e. The Morgan fingerprint density at radius 2 is 1.80 bits per heavy atom. The van der Waals surface area contributed by atoms with Gasteiger partial charge in [-0.25, -0.2) is 13.6 Å². The number of imide groups is 1. The zero-order chi connectivity index (χ0) is 31.6. The van der Waals surface area contributed by atoms with Gasteiger partial charge in [-0.2, -0.15) is 0 Å². The second-order valence-corrected chi connectivity index (χ2v) is 11.0. The lowest BCUT2D eigenvalue weighted by Gasteiger charge is -2.29. The van der Waals surface area contributed by atoms with Crippen LogP contribution in [0.15, 0.2) is 54.6 Å². The molecule has 3 aromatic carbocycles. The molecule has 230 valence electrons. The zero-order valence-corrected chi connectivity index (χ0v) is 23.8. The predicted octanol–water partition coefficient (Wildman–Crippen LogP) is 4.42. The summed E-state index contributed by atoms with van der Waals surface area (Å²) >= 11 is 0. The van der Waals surface area contributed by atoms with Gasteiger partial charge in [0.2, 0.25) is 11.8 Å². The van der Waals surface area contributed by atoms with Crippen molar-refractivity contribution in [1.82, 2.24) is 10.2 Å². The Balaban J connectivity index is 1.29. The molecular formula is C31H29F2N3O8. The van der Waals surface area contributed by atoms with Gasteiger partial charge in [0.25, 0.3) is 5.91 Å². The maximum absolute atomic E-state index is 14.7. The Morgan fingerprint density at radius 1 is 1.07 bits per heavy atom. The van der Waals surface area contributed by atoms with Crippen LogP contribution in [0.5, 0.6) is 17.2 Å². The molecule has 0 spiro atoms. The number of fused-ring (bicyclic) bond motifs is 1. The molecule has 13 heteroatoms. The SMILES string of the molecule is CC(C)(O)COc1c(COC(=O)Nc2ccc(Oc3ccc(F)cc3)cc2F)ccc2c1C(=O)N(C1CCC(=O)NC1=O)C2. The van der Waals surface area contributed by atoms with Crippen molar-refractivity contribution in [3.63, 3.8) is 0 Å². The lowest BCUT2D eigenvalue weighted by Crippen LogP contribution is -2.52. The first-order valence-corrected chi connectivity index (χ1v) is 13.7. The third kappa shape index (κ3) is 6.94. The Bertz CT molecular complexity index is 1620. The van der Waals surface area contributed by atoms with E-state index in [1.165, 1.54) is 55.1 Å². The van der Waals surface area contributed by atoms with Gasteiger partial charge in [-0.3, -0.25) is 25.0 Å². The monoisotopic (exact) mass is 609 g/mol. The molecule has 1 unspecified atom stereocenters. The van der Waals surface area contributed by atoms with E-state index in [0.717, 1.165) is 6.07 Å². The number of aliphatic hydroxyl groups is 1.